The van der Waals surface area contributed by atoms with Gasteiger partial charge in [-0.2, -0.15) is 0 Å². The molecule has 2 nitrogen and oxygen atoms in total. The first-order valence-electron chi connectivity index (χ1n) is 3.11. The highest BCUT2D eigenvalue weighted by molar-refractivity contribution is 9.10. The molecule has 1 heterocycles. The number of aliphatic hydroxyl groups excluding tert-OH is 1. The third-order valence-electron chi connectivity index (χ3n) is 1.23. The molecule has 0 aliphatic heterocycles. The van der Waals surface area contributed by atoms with E-state index < -0.39 is 6.10 Å². The van der Waals surface area contributed by atoms with Crippen LogP contribution >= 0.6 is 27.5 Å². The number of pyridine rings is 1. The van der Waals surface area contributed by atoms with Crippen LogP contribution in [0.1, 0.15) is 18.7 Å². The van der Waals surface area contributed by atoms with Gasteiger partial charge >= 0.3 is 0 Å². The van der Waals surface area contributed by atoms with E-state index in [9.17, 15) is 5.11 Å². The summed E-state index contributed by atoms with van der Waals surface area (Å²) in [6.45, 7) is 1.64. The fraction of sp³-hybridized carbons (Fsp3) is 0.286. The van der Waals surface area contributed by atoms with E-state index in [0.29, 0.717) is 10.8 Å². The summed E-state index contributed by atoms with van der Waals surface area (Å²) in [5.74, 6) is 0. The van der Waals surface area contributed by atoms with Crippen molar-refractivity contribution in [3.63, 3.8) is 0 Å². The SMILES string of the molecule is CC(O)c1nc(Cl)ccc1Br. The van der Waals surface area contributed by atoms with Crippen molar-refractivity contribution in [2.75, 3.05) is 0 Å². The lowest BCUT2D eigenvalue weighted by molar-refractivity contribution is 0.193. The molecule has 0 bridgehead atoms. The van der Waals surface area contributed by atoms with Crippen molar-refractivity contribution in [1.29, 1.82) is 0 Å². The summed E-state index contributed by atoms with van der Waals surface area (Å²) in [7, 11) is 0. The largest absolute Gasteiger partial charge is 0.387 e. The van der Waals surface area contributed by atoms with Gasteiger partial charge < -0.3 is 5.11 Å². The Morgan fingerprint density at radius 1 is 1.64 bits per heavy atom. The first-order chi connectivity index (χ1) is 5.11. The molecule has 1 atom stereocenters. The number of rotatable bonds is 1. The smallest absolute Gasteiger partial charge is 0.129 e. The number of halogens is 2. The van der Waals surface area contributed by atoms with Gasteiger partial charge in [0.05, 0.1) is 11.8 Å². The maximum atomic E-state index is 9.18. The monoisotopic (exact) mass is 235 g/mol. The third-order valence-corrected chi connectivity index (χ3v) is 2.12. The molecular weight excluding hydrogens is 229 g/mol. The lowest BCUT2D eigenvalue weighted by Crippen LogP contribution is -1.96. The van der Waals surface area contributed by atoms with E-state index in [4.69, 9.17) is 11.6 Å². The minimum absolute atomic E-state index is 0.393. The minimum Gasteiger partial charge on any atom is -0.387 e. The second-order valence-corrected chi connectivity index (χ2v) is 3.42. The van der Waals surface area contributed by atoms with Crippen LogP contribution in [-0.4, -0.2) is 10.1 Å². The highest BCUT2D eigenvalue weighted by Crippen LogP contribution is 2.22. The Balaban J connectivity index is 3.13. The van der Waals surface area contributed by atoms with Gasteiger partial charge in [-0.15, -0.1) is 0 Å². The summed E-state index contributed by atoms with van der Waals surface area (Å²) in [5.41, 5.74) is 0.567. The van der Waals surface area contributed by atoms with Crippen LogP contribution in [0.5, 0.6) is 0 Å². The predicted molar refractivity (Wildman–Crippen MR) is 47.6 cm³/mol. The van der Waals surface area contributed by atoms with E-state index >= 15 is 0 Å². The quantitative estimate of drug-likeness (QED) is 0.760. The maximum Gasteiger partial charge on any atom is 0.129 e. The molecule has 4 heteroatoms. The molecule has 0 amide bonds. The lowest BCUT2D eigenvalue weighted by Gasteiger charge is -2.05. The van der Waals surface area contributed by atoms with Crippen LogP contribution in [0.4, 0.5) is 0 Å². The molecule has 1 N–H and O–H groups in total. The molecule has 11 heavy (non-hydrogen) atoms. The molecular formula is C7H7BrClNO. The summed E-state index contributed by atoms with van der Waals surface area (Å²) < 4.78 is 0.775. The molecule has 0 spiro atoms. The van der Waals surface area contributed by atoms with Crippen LogP contribution in [-0.2, 0) is 0 Å². The topological polar surface area (TPSA) is 33.1 Å². The predicted octanol–water partition coefficient (Wildman–Crippen LogP) is 2.55. The molecule has 60 valence electrons. The molecule has 0 aromatic carbocycles. The summed E-state index contributed by atoms with van der Waals surface area (Å²) in [6.07, 6.45) is -0.594. The average molecular weight is 236 g/mol. The van der Waals surface area contributed by atoms with Gasteiger partial charge in [0, 0.05) is 4.47 Å². The number of hydrogen-bond acceptors (Lipinski definition) is 2. The maximum absolute atomic E-state index is 9.18. The number of aliphatic hydroxyl groups is 1. The van der Waals surface area contributed by atoms with Crippen molar-refractivity contribution in [2.24, 2.45) is 0 Å². The van der Waals surface area contributed by atoms with E-state index in [2.05, 4.69) is 20.9 Å². The van der Waals surface area contributed by atoms with E-state index in [1.54, 1.807) is 19.1 Å². The van der Waals surface area contributed by atoms with E-state index in [1.807, 2.05) is 0 Å². The molecule has 0 aliphatic carbocycles. The molecule has 0 fully saturated rings. The fourth-order valence-corrected chi connectivity index (χ4v) is 1.43. The average Bonchev–Trinajstić information content (AvgIpc) is 1.94. The van der Waals surface area contributed by atoms with Gasteiger partial charge in [-0.1, -0.05) is 11.6 Å². The van der Waals surface area contributed by atoms with Crippen molar-refractivity contribution in [2.45, 2.75) is 13.0 Å². The highest BCUT2D eigenvalue weighted by Gasteiger charge is 2.07. The molecule has 1 unspecified atom stereocenters. The Labute approximate surface area is 78.3 Å². The number of hydrogen-bond donors (Lipinski definition) is 1. The molecule has 0 saturated carbocycles. The van der Waals surface area contributed by atoms with Crippen LogP contribution in [0, 0.1) is 0 Å². The summed E-state index contributed by atoms with van der Waals surface area (Å²) in [4.78, 5) is 3.94. The van der Waals surface area contributed by atoms with Crippen molar-refractivity contribution in [3.05, 3.63) is 27.5 Å². The Morgan fingerprint density at radius 3 is 2.73 bits per heavy atom. The molecule has 0 radical (unpaired) electrons. The second kappa shape index (κ2) is 3.52. The van der Waals surface area contributed by atoms with Crippen LogP contribution in [0.2, 0.25) is 5.15 Å². The molecule has 0 aliphatic rings. The summed E-state index contributed by atoms with van der Waals surface area (Å²) in [5, 5.41) is 9.57. The van der Waals surface area contributed by atoms with Gasteiger partial charge in [0.1, 0.15) is 5.15 Å². The third kappa shape index (κ3) is 2.15. The molecule has 1 aromatic rings. The van der Waals surface area contributed by atoms with Gasteiger partial charge in [-0.25, -0.2) is 4.98 Å². The Kier molecular flexibility index (Phi) is 2.87. The van der Waals surface area contributed by atoms with Gasteiger partial charge in [-0.3, -0.25) is 0 Å². The van der Waals surface area contributed by atoms with Crippen LogP contribution in [0.3, 0.4) is 0 Å². The second-order valence-electron chi connectivity index (χ2n) is 2.18. The highest BCUT2D eigenvalue weighted by atomic mass is 79.9. The van der Waals surface area contributed by atoms with E-state index in [0.717, 1.165) is 4.47 Å². The molecule has 1 rings (SSSR count). The zero-order valence-electron chi connectivity index (χ0n) is 5.88. The molecule has 1 aromatic heterocycles. The van der Waals surface area contributed by atoms with Crippen LogP contribution < -0.4 is 0 Å². The summed E-state index contributed by atoms with van der Waals surface area (Å²) >= 11 is 8.87. The first kappa shape index (κ1) is 8.97. The van der Waals surface area contributed by atoms with Gasteiger partial charge in [0.2, 0.25) is 0 Å². The van der Waals surface area contributed by atoms with Crippen LogP contribution in [0.25, 0.3) is 0 Å². The van der Waals surface area contributed by atoms with Crippen LogP contribution in [0.15, 0.2) is 16.6 Å². The Bertz CT molecular complexity index is 265. The Morgan fingerprint density at radius 2 is 2.27 bits per heavy atom. The summed E-state index contributed by atoms with van der Waals surface area (Å²) in [6, 6.07) is 3.43. The van der Waals surface area contributed by atoms with Crippen molar-refractivity contribution in [1.82, 2.24) is 4.98 Å². The van der Waals surface area contributed by atoms with Crippen molar-refractivity contribution >= 4 is 27.5 Å². The van der Waals surface area contributed by atoms with Gasteiger partial charge in [-0.05, 0) is 35.0 Å². The minimum atomic E-state index is -0.594. The van der Waals surface area contributed by atoms with Crippen molar-refractivity contribution in [3.8, 4) is 0 Å². The Hall–Kier alpha value is -0.120. The zero-order valence-corrected chi connectivity index (χ0v) is 8.22. The lowest BCUT2D eigenvalue weighted by atomic mass is 10.2. The molecule has 0 saturated heterocycles. The fourth-order valence-electron chi connectivity index (χ4n) is 0.726. The normalized spacial score (nSPS) is 13.1. The number of nitrogens with zero attached hydrogens (tertiary/aromatic N) is 1. The van der Waals surface area contributed by atoms with Gasteiger partial charge in [0.25, 0.3) is 0 Å². The first-order valence-corrected chi connectivity index (χ1v) is 4.28. The standard InChI is InChI=1S/C7H7BrClNO/c1-4(11)7-5(8)2-3-6(9)10-7/h2-4,11H,1H3. The van der Waals surface area contributed by atoms with Crippen molar-refractivity contribution < 1.29 is 5.11 Å². The number of aromatic nitrogens is 1. The van der Waals surface area contributed by atoms with E-state index in [1.165, 1.54) is 0 Å². The zero-order chi connectivity index (χ0) is 8.43. The van der Waals surface area contributed by atoms with Gasteiger partial charge in [0.15, 0.2) is 0 Å². The van der Waals surface area contributed by atoms with E-state index in [-0.39, 0.29) is 0 Å².